The predicted molar refractivity (Wildman–Crippen MR) is 89.3 cm³/mol. The van der Waals surface area contributed by atoms with Gasteiger partial charge in [-0.15, -0.1) is 0 Å². The highest BCUT2D eigenvalue weighted by Gasteiger charge is 2.09. The summed E-state index contributed by atoms with van der Waals surface area (Å²) < 4.78 is 0.660. The third-order valence-corrected chi connectivity index (χ3v) is 3.86. The van der Waals surface area contributed by atoms with Gasteiger partial charge in [0.15, 0.2) is 0 Å². The fourth-order valence-electron chi connectivity index (χ4n) is 2.06. The molecule has 0 aliphatic rings. The van der Waals surface area contributed by atoms with Crippen LogP contribution in [-0.2, 0) is 0 Å². The van der Waals surface area contributed by atoms with Gasteiger partial charge in [0.1, 0.15) is 22.4 Å². The van der Waals surface area contributed by atoms with Gasteiger partial charge in [-0.25, -0.2) is 9.97 Å². The zero-order valence-corrected chi connectivity index (χ0v) is 12.7. The molecule has 2 aromatic carbocycles. The fraction of sp³-hybridized carbons (Fsp3) is 0. The SMILES string of the molecule is Nc1ncnc(Nc2ccccc2-c2ccccc2)c1Br. The van der Waals surface area contributed by atoms with Crippen molar-refractivity contribution in [2.75, 3.05) is 11.1 Å². The maximum absolute atomic E-state index is 5.79. The highest BCUT2D eigenvalue weighted by atomic mass is 79.9. The maximum Gasteiger partial charge on any atom is 0.150 e. The monoisotopic (exact) mass is 340 g/mol. The molecule has 3 aromatic rings. The number of benzene rings is 2. The first kappa shape index (κ1) is 13.6. The average molecular weight is 341 g/mol. The zero-order valence-electron chi connectivity index (χ0n) is 11.1. The molecule has 3 rings (SSSR count). The summed E-state index contributed by atoms with van der Waals surface area (Å²) in [4.78, 5) is 8.16. The van der Waals surface area contributed by atoms with Gasteiger partial charge in [-0.3, -0.25) is 0 Å². The van der Waals surface area contributed by atoms with Crippen LogP contribution < -0.4 is 11.1 Å². The molecule has 1 heterocycles. The third kappa shape index (κ3) is 2.87. The van der Waals surface area contributed by atoms with Crippen LogP contribution in [0.4, 0.5) is 17.3 Å². The lowest BCUT2D eigenvalue weighted by molar-refractivity contribution is 1.16. The van der Waals surface area contributed by atoms with Crippen molar-refractivity contribution >= 4 is 33.3 Å². The van der Waals surface area contributed by atoms with Crippen LogP contribution >= 0.6 is 15.9 Å². The standard InChI is InChI=1S/C16H13BrN4/c17-14-15(18)19-10-20-16(14)21-13-9-5-4-8-12(13)11-6-2-1-3-7-11/h1-10H,(H3,18,19,20,21). The molecule has 0 unspecified atom stereocenters. The molecule has 0 radical (unpaired) electrons. The van der Waals surface area contributed by atoms with Crippen molar-refractivity contribution in [3.63, 3.8) is 0 Å². The highest BCUT2D eigenvalue weighted by molar-refractivity contribution is 9.10. The summed E-state index contributed by atoms with van der Waals surface area (Å²) >= 11 is 3.41. The highest BCUT2D eigenvalue weighted by Crippen LogP contribution is 2.32. The van der Waals surface area contributed by atoms with Crippen LogP contribution in [0.5, 0.6) is 0 Å². The van der Waals surface area contributed by atoms with Crippen molar-refractivity contribution in [1.29, 1.82) is 0 Å². The Labute approximate surface area is 131 Å². The van der Waals surface area contributed by atoms with Crippen LogP contribution in [0.1, 0.15) is 0 Å². The lowest BCUT2D eigenvalue weighted by Gasteiger charge is -2.13. The van der Waals surface area contributed by atoms with Crippen LogP contribution in [0.25, 0.3) is 11.1 Å². The van der Waals surface area contributed by atoms with Crippen molar-refractivity contribution in [3.8, 4) is 11.1 Å². The van der Waals surface area contributed by atoms with Gasteiger partial charge in [0.25, 0.3) is 0 Å². The summed E-state index contributed by atoms with van der Waals surface area (Å²) in [6.45, 7) is 0. The molecular weight excluding hydrogens is 328 g/mol. The number of hydrogen-bond donors (Lipinski definition) is 2. The van der Waals surface area contributed by atoms with Gasteiger partial charge in [0.05, 0.1) is 0 Å². The van der Waals surface area contributed by atoms with Crippen molar-refractivity contribution in [1.82, 2.24) is 9.97 Å². The van der Waals surface area contributed by atoms with E-state index >= 15 is 0 Å². The molecule has 3 N–H and O–H groups in total. The lowest BCUT2D eigenvalue weighted by atomic mass is 10.0. The normalized spacial score (nSPS) is 10.3. The number of nitrogens with two attached hydrogens (primary N) is 1. The topological polar surface area (TPSA) is 63.8 Å². The Kier molecular flexibility index (Phi) is 3.83. The number of halogens is 1. The minimum atomic E-state index is 0.407. The van der Waals surface area contributed by atoms with E-state index < -0.39 is 0 Å². The van der Waals surface area contributed by atoms with E-state index in [-0.39, 0.29) is 0 Å². The summed E-state index contributed by atoms with van der Waals surface area (Å²) in [5, 5.41) is 3.30. The number of para-hydroxylation sites is 1. The Morgan fingerprint density at radius 1 is 0.905 bits per heavy atom. The van der Waals surface area contributed by atoms with Crippen molar-refractivity contribution < 1.29 is 0 Å². The third-order valence-electron chi connectivity index (χ3n) is 3.08. The van der Waals surface area contributed by atoms with Crippen LogP contribution in [0.3, 0.4) is 0 Å². The average Bonchev–Trinajstić information content (AvgIpc) is 2.53. The molecule has 0 bridgehead atoms. The van der Waals surface area contributed by atoms with Gasteiger partial charge in [0.2, 0.25) is 0 Å². The van der Waals surface area contributed by atoms with Crippen molar-refractivity contribution in [3.05, 3.63) is 65.4 Å². The second-order valence-corrected chi connectivity index (χ2v) is 5.25. The van der Waals surface area contributed by atoms with E-state index in [9.17, 15) is 0 Å². The number of rotatable bonds is 3. The molecule has 0 atom stereocenters. The Bertz CT molecular complexity index is 759. The van der Waals surface area contributed by atoms with Crippen LogP contribution in [0.2, 0.25) is 0 Å². The van der Waals surface area contributed by atoms with Crippen LogP contribution in [-0.4, -0.2) is 9.97 Å². The van der Waals surface area contributed by atoms with Gasteiger partial charge >= 0.3 is 0 Å². The van der Waals surface area contributed by atoms with Crippen molar-refractivity contribution in [2.45, 2.75) is 0 Å². The Morgan fingerprint density at radius 2 is 1.62 bits per heavy atom. The van der Waals surface area contributed by atoms with Gasteiger partial charge in [0, 0.05) is 11.3 Å². The van der Waals surface area contributed by atoms with Gasteiger partial charge < -0.3 is 11.1 Å². The van der Waals surface area contributed by atoms with E-state index in [1.54, 1.807) is 0 Å². The first-order valence-electron chi connectivity index (χ1n) is 6.43. The molecule has 1 aromatic heterocycles. The first-order valence-corrected chi connectivity index (χ1v) is 7.22. The molecule has 0 saturated heterocycles. The quantitative estimate of drug-likeness (QED) is 0.748. The summed E-state index contributed by atoms with van der Waals surface area (Å²) in [6.07, 6.45) is 1.44. The summed E-state index contributed by atoms with van der Waals surface area (Å²) in [5.74, 6) is 1.05. The molecule has 0 fully saturated rings. The number of nitrogens with zero attached hydrogens (tertiary/aromatic N) is 2. The van der Waals surface area contributed by atoms with Gasteiger partial charge in [-0.05, 0) is 27.6 Å². The Hall–Kier alpha value is -2.40. The van der Waals surface area contributed by atoms with E-state index in [1.807, 2.05) is 36.4 Å². The van der Waals surface area contributed by atoms with E-state index in [2.05, 4.69) is 49.4 Å². The summed E-state index contributed by atoms with van der Waals surface area (Å²) in [6, 6.07) is 18.2. The Balaban J connectivity index is 2.02. The van der Waals surface area contributed by atoms with E-state index in [0.717, 1.165) is 16.8 Å². The molecule has 4 nitrogen and oxygen atoms in total. The largest absolute Gasteiger partial charge is 0.383 e. The summed E-state index contributed by atoms with van der Waals surface area (Å²) in [7, 11) is 0. The lowest BCUT2D eigenvalue weighted by Crippen LogP contribution is -2.00. The van der Waals surface area contributed by atoms with Gasteiger partial charge in [-0.1, -0.05) is 48.5 Å². The minimum absolute atomic E-state index is 0.407. The molecule has 0 spiro atoms. The van der Waals surface area contributed by atoms with E-state index in [1.165, 1.54) is 6.33 Å². The molecular formula is C16H13BrN4. The number of nitrogen functional groups attached to an aromatic ring is 1. The minimum Gasteiger partial charge on any atom is -0.383 e. The second-order valence-electron chi connectivity index (χ2n) is 4.46. The molecule has 0 amide bonds. The molecule has 21 heavy (non-hydrogen) atoms. The first-order chi connectivity index (χ1) is 10.3. The molecule has 0 aliphatic carbocycles. The fourth-order valence-corrected chi connectivity index (χ4v) is 2.36. The number of aromatic nitrogens is 2. The van der Waals surface area contributed by atoms with Crippen molar-refractivity contribution in [2.24, 2.45) is 0 Å². The molecule has 0 aliphatic heterocycles. The maximum atomic E-state index is 5.79. The predicted octanol–water partition coefficient (Wildman–Crippen LogP) is 4.23. The van der Waals surface area contributed by atoms with Crippen LogP contribution in [0.15, 0.2) is 65.4 Å². The molecule has 104 valence electrons. The smallest absolute Gasteiger partial charge is 0.150 e. The summed E-state index contributed by atoms with van der Waals surface area (Å²) in [5.41, 5.74) is 8.98. The number of anilines is 3. The number of hydrogen-bond acceptors (Lipinski definition) is 4. The van der Waals surface area contributed by atoms with E-state index in [4.69, 9.17) is 5.73 Å². The molecule has 5 heteroatoms. The zero-order chi connectivity index (χ0) is 14.7. The Morgan fingerprint density at radius 3 is 2.43 bits per heavy atom. The number of nitrogens with one attached hydrogen (secondary N) is 1. The second kappa shape index (κ2) is 5.93. The van der Waals surface area contributed by atoms with E-state index in [0.29, 0.717) is 16.1 Å². The molecule has 0 saturated carbocycles. The van der Waals surface area contributed by atoms with Crippen LogP contribution in [0, 0.1) is 0 Å². The van der Waals surface area contributed by atoms with Gasteiger partial charge in [-0.2, -0.15) is 0 Å².